The SMILES string of the molecule is Cc1ccc(Cl)c(C(=O)CCCCBr)c1. The molecule has 0 amide bonds. The van der Waals surface area contributed by atoms with Gasteiger partial charge in [-0.15, -0.1) is 0 Å². The Hall–Kier alpha value is -0.340. The number of carbonyl (C=O) groups is 1. The summed E-state index contributed by atoms with van der Waals surface area (Å²) in [7, 11) is 0. The van der Waals surface area contributed by atoms with Gasteiger partial charge >= 0.3 is 0 Å². The number of rotatable bonds is 5. The summed E-state index contributed by atoms with van der Waals surface area (Å²) >= 11 is 9.32. The molecule has 0 unspecified atom stereocenters. The van der Waals surface area contributed by atoms with Crippen LogP contribution in [-0.4, -0.2) is 11.1 Å². The van der Waals surface area contributed by atoms with Crippen molar-refractivity contribution in [2.24, 2.45) is 0 Å². The second-order valence-electron chi connectivity index (χ2n) is 3.55. The lowest BCUT2D eigenvalue weighted by Crippen LogP contribution is -2.00. The highest BCUT2D eigenvalue weighted by molar-refractivity contribution is 9.09. The maximum atomic E-state index is 11.8. The van der Waals surface area contributed by atoms with Crippen molar-refractivity contribution < 1.29 is 4.79 Å². The van der Waals surface area contributed by atoms with Crippen LogP contribution < -0.4 is 0 Å². The molecule has 0 aliphatic heterocycles. The molecule has 0 radical (unpaired) electrons. The second kappa shape index (κ2) is 6.29. The number of ketones is 1. The highest BCUT2D eigenvalue weighted by Crippen LogP contribution is 2.19. The summed E-state index contributed by atoms with van der Waals surface area (Å²) in [4.78, 5) is 11.8. The van der Waals surface area contributed by atoms with E-state index in [0.29, 0.717) is 17.0 Å². The molecule has 0 N–H and O–H groups in total. The fourth-order valence-corrected chi connectivity index (χ4v) is 1.99. The molecule has 0 aliphatic carbocycles. The number of hydrogen-bond acceptors (Lipinski definition) is 1. The van der Waals surface area contributed by atoms with E-state index in [0.717, 1.165) is 23.7 Å². The molecule has 82 valence electrons. The van der Waals surface area contributed by atoms with Gasteiger partial charge in [-0.3, -0.25) is 4.79 Å². The maximum absolute atomic E-state index is 11.8. The Bertz CT molecular complexity index is 349. The van der Waals surface area contributed by atoms with E-state index in [4.69, 9.17) is 11.6 Å². The lowest BCUT2D eigenvalue weighted by atomic mass is 10.0. The van der Waals surface area contributed by atoms with Crippen molar-refractivity contribution in [3.05, 3.63) is 34.3 Å². The number of unbranched alkanes of at least 4 members (excludes halogenated alkanes) is 1. The summed E-state index contributed by atoms with van der Waals surface area (Å²) < 4.78 is 0. The Morgan fingerprint density at radius 2 is 2.13 bits per heavy atom. The van der Waals surface area contributed by atoms with E-state index in [1.165, 1.54) is 0 Å². The highest BCUT2D eigenvalue weighted by atomic mass is 79.9. The third-order valence-electron chi connectivity index (χ3n) is 2.21. The predicted octanol–water partition coefficient (Wildman–Crippen LogP) is 4.40. The minimum Gasteiger partial charge on any atom is -0.294 e. The smallest absolute Gasteiger partial charge is 0.164 e. The van der Waals surface area contributed by atoms with Crippen LogP contribution in [0.2, 0.25) is 5.02 Å². The molecule has 0 aliphatic rings. The van der Waals surface area contributed by atoms with Crippen molar-refractivity contribution in [1.29, 1.82) is 0 Å². The number of alkyl halides is 1. The van der Waals surface area contributed by atoms with Gasteiger partial charge in [0, 0.05) is 17.3 Å². The van der Waals surface area contributed by atoms with Crippen molar-refractivity contribution in [2.45, 2.75) is 26.2 Å². The van der Waals surface area contributed by atoms with Gasteiger partial charge in [0.2, 0.25) is 0 Å². The van der Waals surface area contributed by atoms with Crippen LogP contribution in [0.15, 0.2) is 18.2 Å². The Morgan fingerprint density at radius 3 is 2.80 bits per heavy atom. The van der Waals surface area contributed by atoms with Crippen molar-refractivity contribution in [3.8, 4) is 0 Å². The molecule has 0 atom stereocenters. The molecule has 0 saturated heterocycles. The maximum Gasteiger partial charge on any atom is 0.164 e. The average Bonchev–Trinajstić information content (AvgIpc) is 2.22. The van der Waals surface area contributed by atoms with Gasteiger partial charge in [-0.2, -0.15) is 0 Å². The number of aryl methyl sites for hydroxylation is 1. The molecule has 0 aromatic heterocycles. The Balaban J connectivity index is 2.68. The minimum absolute atomic E-state index is 0.143. The normalized spacial score (nSPS) is 10.3. The van der Waals surface area contributed by atoms with Crippen LogP contribution in [0.25, 0.3) is 0 Å². The zero-order chi connectivity index (χ0) is 11.3. The fourth-order valence-electron chi connectivity index (χ4n) is 1.37. The van der Waals surface area contributed by atoms with Crippen LogP contribution in [0.1, 0.15) is 35.2 Å². The van der Waals surface area contributed by atoms with E-state index in [-0.39, 0.29) is 5.78 Å². The standard InChI is InChI=1S/C12H14BrClO/c1-9-5-6-11(14)10(8-9)12(15)4-2-3-7-13/h5-6,8H,2-4,7H2,1H3. The first-order chi connectivity index (χ1) is 7.15. The van der Waals surface area contributed by atoms with Gasteiger partial charge in [-0.1, -0.05) is 39.2 Å². The summed E-state index contributed by atoms with van der Waals surface area (Å²) in [6.45, 7) is 1.96. The van der Waals surface area contributed by atoms with Crippen LogP contribution in [0, 0.1) is 6.92 Å². The molecule has 1 rings (SSSR count). The van der Waals surface area contributed by atoms with Gasteiger partial charge in [0.05, 0.1) is 5.02 Å². The lowest BCUT2D eigenvalue weighted by molar-refractivity contribution is 0.0980. The number of halogens is 2. The van der Waals surface area contributed by atoms with E-state index < -0.39 is 0 Å². The van der Waals surface area contributed by atoms with E-state index in [2.05, 4.69) is 15.9 Å². The number of hydrogen-bond donors (Lipinski definition) is 0. The average molecular weight is 290 g/mol. The Morgan fingerprint density at radius 1 is 1.40 bits per heavy atom. The van der Waals surface area contributed by atoms with Crippen LogP contribution in [0.3, 0.4) is 0 Å². The monoisotopic (exact) mass is 288 g/mol. The Kier molecular flexibility index (Phi) is 5.34. The second-order valence-corrected chi connectivity index (χ2v) is 4.75. The lowest BCUT2D eigenvalue weighted by Gasteiger charge is -2.04. The quantitative estimate of drug-likeness (QED) is 0.446. The molecule has 0 spiro atoms. The van der Waals surface area contributed by atoms with Gasteiger partial charge in [-0.05, 0) is 31.9 Å². The molecule has 3 heteroatoms. The molecule has 1 nitrogen and oxygen atoms in total. The van der Waals surface area contributed by atoms with Crippen LogP contribution in [0.5, 0.6) is 0 Å². The predicted molar refractivity (Wildman–Crippen MR) is 68.2 cm³/mol. The van der Waals surface area contributed by atoms with E-state index in [9.17, 15) is 4.79 Å². The molecule has 0 saturated carbocycles. The first-order valence-corrected chi connectivity index (χ1v) is 6.50. The summed E-state index contributed by atoms with van der Waals surface area (Å²) in [5, 5.41) is 1.51. The summed E-state index contributed by atoms with van der Waals surface area (Å²) in [5.41, 5.74) is 1.73. The van der Waals surface area contributed by atoms with E-state index in [1.807, 2.05) is 19.1 Å². The van der Waals surface area contributed by atoms with Gasteiger partial charge < -0.3 is 0 Å². The highest BCUT2D eigenvalue weighted by Gasteiger charge is 2.09. The third-order valence-corrected chi connectivity index (χ3v) is 3.10. The van der Waals surface area contributed by atoms with E-state index >= 15 is 0 Å². The van der Waals surface area contributed by atoms with E-state index in [1.54, 1.807) is 6.07 Å². The molecule has 0 fully saturated rings. The molecule has 15 heavy (non-hydrogen) atoms. The van der Waals surface area contributed by atoms with Crippen LogP contribution in [-0.2, 0) is 0 Å². The third kappa shape index (κ3) is 3.96. The van der Waals surface area contributed by atoms with Crippen molar-refractivity contribution in [1.82, 2.24) is 0 Å². The summed E-state index contributed by atoms with van der Waals surface area (Å²) in [6, 6.07) is 5.56. The first kappa shape index (κ1) is 12.7. The zero-order valence-corrected chi connectivity index (χ0v) is 11.1. The van der Waals surface area contributed by atoms with Crippen LogP contribution in [0.4, 0.5) is 0 Å². The molecule has 0 bridgehead atoms. The van der Waals surface area contributed by atoms with Gasteiger partial charge in [0.1, 0.15) is 0 Å². The van der Waals surface area contributed by atoms with Crippen molar-refractivity contribution in [3.63, 3.8) is 0 Å². The largest absolute Gasteiger partial charge is 0.294 e. The molecule has 1 aromatic rings. The molecular weight excluding hydrogens is 275 g/mol. The van der Waals surface area contributed by atoms with Gasteiger partial charge in [0.25, 0.3) is 0 Å². The topological polar surface area (TPSA) is 17.1 Å². The van der Waals surface area contributed by atoms with Crippen molar-refractivity contribution >= 4 is 33.3 Å². The van der Waals surface area contributed by atoms with Gasteiger partial charge in [-0.25, -0.2) is 0 Å². The summed E-state index contributed by atoms with van der Waals surface area (Å²) in [6.07, 6.45) is 2.51. The summed E-state index contributed by atoms with van der Waals surface area (Å²) in [5.74, 6) is 0.143. The van der Waals surface area contributed by atoms with Crippen molar-refractivity contribution in [2.75, 3.05) is 5.33 Å². The molecule has 0 heterocycles. The minimum atomic E-state index is 0.143. The first-order valence-electron chi connectivity index (χ1n) is 5.00. The number of carbonyl (C=O) groups excluding carboxylic acids is 1. The number of Topliss-reactive ketones (excluding diaryl/α,β-unsaturated/α-hetero) is 1. The zero-order valence-electron chi connectivity index (χ0n) is 8.72. The van der Waals surface area contributed by atoms with Gasteiger partial charge in [0.15, 0.2) is 5.78 Å². The van der Waals surface area contributed by atoms with Crippen LogP contribution >= 0.6 is 27.5 Å². The Labute approximate surface area is 104 Å². The molecule has 1 aromatic carbocycles. The number of benzene rings is 1. The molecular formula is C12H14BrClO. The fraction of sp³-hybridized carbons (Fsp3) is 0.417.